The second-order valence-corrected chi connectivity index (χ2v) is 15.6. The van der Waals surface area contributed by atoms with Crippen LogP contribution in [0.2, 0.25) is 0 Å². The van der Waals surface area contributed by atoms with Gasteiger partial charge in [0.05, 0.1) is 13.2 Å². The van der Waals surface area contributed by atoms with E-state index in [4.69, 9.17) is 24.8 Å². The van der Waals surface area contributed by atoms with E-state index < -0.39 is 51.1 Å². The Hall–Kier alpha value is -1.78. The molecular weight excluding hydrogens is 685 g/mol. The van der Waals surface area contributed by atoms with Crippen LogP contribution in [-0.2, 0) is 37.5 Å². The van der Waals surface area contributed by atoms with Crippen LogP contribution >= 0.6 is 7.82 Å². The molecule has 0 aromatic rings. The van der Waals surface area contributed by atoms with Gasteiger partial charge in [-0.1, -0.05) is 154 Å². The topological polar surface area (TPSA) is 172 Å². The molecule has 0 spiro atoms. The summed E-state index contributed by atoms with van der Waals surface area (Å²) in [5, 5.41) is 8.87. The average Bonchev–Trinajstić information content (AvgIpc) is 3.12. The fourth-order valence-electron chi connectivity index (χ4n) is 5.71. The summed E-state index contributed by atoms with van der Waals surface area (Å²) in [6, 6.07) is -1.52. The molecule has 0 bridgehead atoms. The maximum absolute atomic E-state index is 12.6. The van der Waals surface area contributed by atoms with Gasteiger partial charge >= 0.3 is 25.7 Å². The molecule has 0 aliphatic carbocycles. The Morgan fingerprint density at radius 3 is 1.42 bits per heavy atom. The van der Waals surface area contributed by atoms with Crippen LogP contribution in [0.3, 0.4) is 0 Å². The molecular formula is C40H76NO10P. The fraction of sp³-hybridized carbons (Fsp3) is 0.875. The first-order chi connectivity index (χ1) is 25.1. The number of phosphoric ester groups is 1. The second-order valence-electron chi connectivity index (χ2n) is 14.1. The summed E-state index contributed by atoms with van der Waals surface area (Å²) < 4.78 is 32.6. The van der Waals surface area contributed by atoms with E-state index in [1.54, 1.807) is 0 Å². The number of esters is 2. The Labute approximate surface area is 316 Å². The molecule has 0 saturated heterocycles. The minimum atomic E-state index is -4.71. The number of carboxylic acids is 1. The van der Waals surface area contributed by atoms with Gasteiger partial charge in [0, 0.05) is 12.8 Å². The molecule has 0 rings (SSSR count). The number of carbonyl (C=O) groups excluding carboxylic acids is 2. The molecule has 1 unspecified atom stereocenters. The van der Waals surface area contributed by atoms with E-state index in [0.717, 1.165) is 44.9 Å². The molecule has 12 heteroatoms. The Morgan fingerprint density at radius 1 is 0.577 bits per heavy atom. The van der Waals surface area contributed by atoms with E-state index in [2.05, 4.69) is 30.5 Å². The van der Waals surface area contributed by atoms with Crippen molar-refractivity contribution in [1.82, 2.24) is 0 Å². The van der Waals surface area contributed by atoms with Gasteiger partial charge < -0.3 is 25.2 Å². The molecule has 0 aliphatic heterocycles. The number of nitrogens with two attached hydrogens (primary N) is 1. The Kier molecular flexibility index (Phi) is 35.0. The minimum absolute atomic E-state index is 0.165. The van der Waals surface area contributed by atoms with Gasteiger partial charge in [-0.05, 0) is 38.5 Å². The first-order valence-corrected chi connectivity index (χ1v) is 22.2. The highest BCUT2D eigenvalue weighted by molar-refractivity contribution is 7.47. The third kappa shape index (κ3) is 35.3. The molecule has 0 radical (unpaired) electrons. The van der Waals surface area contributed by atoms with Gasteiger partial charge in [-0.25, -0.2) is 4.57 Å². The number of allylic oxidation sites excluding steroid dienone is 2. The number of ether oxygens (including phenoxy) is 2. The van der Waals surface area contributed by atoms with Crippen molar-refractivity contribution >= 4 is 25.7 Å². The highest BCUT2D eigenvalue weighted by Crippen LogP contribution is 2.43. The Balaban J connectivity index is 4.37. The third-order valence-electron chi connectivity index (χ3n) is 9.01. The van der Waals surface area contributed by atoms with Gasteiger partial charge in [0.1, 0.15) is 12.6 Å². The molecule has 0 aromatic heterocycles. The second kappa shape index (κ2) is 36.2. The maximum atomic E-state index is 12.6. The van der Waals surface area contributed by atoms with Gasteiger partial charge in [0.15, 0.2) is 6.10 Å². The predicted molar refractivity (Wildman–Crippen MR) is 208 cm³/mol. The zero-order valence-corrected chi connectivity index (χ0v) is 33.8. The van der Waals surface area contributed by atoms with Gasteiger partial charge in [-0.3, -0.25) is 23.4 Å². The van der Waals surface area contributed by atoms with Crippen LogP contribution in [-0.4, -0.2) is 59.9 Å². The van der Waals surface area contributed by atoms with E-state index in [-0.39, 0.29) is 19.4 Å². The lowest BCUT2D eigenvalue weighted by Gasteiger charge is -2.20. The minimum Gasteiger partial charge on any atom is -0.480 e. The monoisotopic (exact) mass is 762 g/mol. The molecule has 11 nitrogen and oxygen atoms in total. The molecule has 306 valence electrons. The van der Waals surface area contributed by atoms with Crippen LogP contribution in [0, 0.1) is 0 Å². The Bertz CT molecular complexity index is 947. The quantitative estimate of drug-likeness (QED) is 0.0235. The van der Waals surface area contributed by atoms with Crippen molar-refractivity contribution in [2.24, 2.45) is 5.73 Å². The number of carbonyl (C=O) groups is 3. The van der Waals surface area contributed by atoms with Gasteiger partial charge in [-0.2, -0.15) is 0 Å². The lowest BCUT2D eigenvalue weighted by atomic mass is 10.0. The van der Waals surface area contributed by atoms with Crippen LogP contribution in [0.4, 0.5) is 0 Å². The zero-order valence-electron chi connectivity index (χ0n) is 32.9. The molecule has 4 N–H and O–H groups in total. The number of hydrogen-bond acceptors (Lipinski definition) is 9. The summed E-state index contributed by atoms with van der Waals surface area (Å²) in [5.41, 5.74) is 5.32. The average molecular weight is 762 g/mol. The van der Waals surface area contributed by atoms with E-state index in [9.17, 15) is 23.8 Å². The van der Waals surface area contributed by atoms with Crippen LogP contribution in [0.25, 0.3) is 0 Å². The van der Waals surface area contributed by atoms with Crippen LogP contribution in [0.5, 0.6) is 0 Å². The number of rotatable bonds is 39. The predicted octanol–water partition coefficient (Wildman–Crippen LogP) is 10.5. The summed E-state index contributed by atoms with van der Waals surface area (Å²) in [4.78, 5) is 45.8. The van der Waals surface area contributed by atoms with Crippen molar-refractivity contribution in [1.29, 1.82) is 0 Å². The van der Waals surface area contributed by atoms with Crippen LogP contribution in [0.1, 0.15) is 194 Å². The standard InChI is InChI=1S/C40H76NO10P/c1-3-5-7-9-11-13-15-17-18-20-21-23-25-27-29-31-38(42)48-33-36(34-49-52(46,47)50-35-37(41)40(44)45)51-39(43)32-30-28-26-24-22-19-16-14-12-10-8-6-4-2/h13,15,36-37H,3-12,14,16-35,41H2,1-2H3,(H,44,45)(H,46,47)/b15-13-/t36-,37+/m1/s1. The van der Waals surface area contributed by atoms with Crippen molar-refractivity contribution in [2.45, 2.75) is 206 Å². The number of carboxylic acid groups (broad SMARTS) is 1. The number of unbranched alkanes of at least 4 members (excludes halogenated alkanes) is 23. The normalized spacial score (nSPS) is 13.9. The third-order valence-corrected chi connectivity index (χ3v) is 9.96. The molecule has 52 heavy (non-hydrogen) atoms. The van der Waals surface area contributed by atoms with Crippen LogP contribution < -0.4 is 5.73 Å². The van der Waals surface area contributed by atoms with Gasteiger partial charge in [0.2, 0.25) is 0 Å². The fourth-order valence-corrected chi connectivity index (χ4v) is 6.48. The van der Waals surface area contributed by atoms with Crippen molar-refractivity contribution < 1.29 is 47.5 Å². The molecule has 0 aromatic carbocycles. The van der Waals surface area contributed by atoms with Gasteiger partial charge in [-0.15, -0.1) is 0 Å². The van der Waals surface area contributed by atoms with Crippen molar-refractivity contribution in [3.63, 3.8) is 0 Å². The van der Waals surface area contributed by atoms with Crippen molar-refractivity contribution in [3.8, 4) is 0 Å². The van der Waals surface area contributed by atoms with E-state index in [0.29, 0.717) is 12.8 Å². The summed E-state index contributed by atoms with van der Waals surface area (Å²) in [5.74, 6) is -2.37. The lowest BCUT2D eigenvalue weighted by Crippen LogP contribution is -2.34. The maximum Gasteiger partial charge on any atom is 0.472 e. The molecule has 0 heterocycles. The van der Waals surface area contributed by atoms with Gasteiger partial charge in [0.25, 0.3) is 0 Å². The highest BCUT2D eigenvalue weighted by atomic mass is 31.2. The Morgan fingerprint density at radius 2 is 0.962 bits per heavy atom. The molecule has 3 atom stereocenters. The SMILES string of the molecule is CCCCCC/C=C\CCCCCCCCCC(=O)OC[C@H](COP(=O)(O)OC[C@H](N)C(=O)O)OC(=O)CCCCCCCCCCCCCCC. The molecule has 0 saturated carbocycles. The number of hydrogen-bond donors (Lipinski definition) is 3. The molecule has 0 amide bonds. The summed E-state index contributed by atoms with van der Waals surface area (Å²) in [7, 11) is -4.71. The summed E-state index contributed by atoms with van der Waals surface area (Å²) >= 11 is 0. The molecule has 0 fully saturated rings. The summed E-state index contributed by atoms with van der Waals surface area (Å²) in [6.45, 7) is 2.79. The lowest BCUT2D eigenvalue weighted by molar-refractivity contribution is -0.161. The zero-order chi connectivity index (χ0) is 38.5. The first-order valence-electron chi connectivity index (χ1n) is 20.7. The number of phosphoric acid groups is 1. The van der Waals surface area contributed by atoms with Crippen molar-refractivity contribution in [2.75, 3.05) is 19.8 Å². The van der Waals surface area contributed by atoms with Crippen LogP contribution in [0.15, 0.2) is 12.2 Å². The van der Waals surface area contributed by atoms with E-state index >= 15 is 0 Å². The largest absolute Gasteiger partial charge is 0.480 e. The van der Waals surface area contributed by atoms with E-state index in [1.807, 2.05) is 0 Å². The van der Waals surface area contributed by atoms with E-state index in [1.165, 1.54) is 109 Å². The summed E-state index contributed by atoms with van der Waals surface area (Å²) in [6.07, 6.45) is 34.1. The highest BCUT2D eigenvalue weighted by Gasteiger charge is 2.28. The van der Waals surface area contributed by atoms with Crippen molar-refractivity contribution in [3.05, 3.63) is 12.2 Å². The molecule has 0 aliphatic rings. The smallest absolute Gasteiger partial charge is 0.472 e. The first kappa shape index (κ1) is 50.2. The number of aliphatic carboxylic acids is 1.